The summed E-state index contributed by atoms with van der Waals surface area (Å²) in [6.07, 6.45) is 5.24. The Balaban J connectivity index is 1.64. The van der Waals surface area contributed by atoms with Crippen molar-refractivity contribution in [1.82, 2.24) is 14.9 Å². The molecule has 1 N–H and O–H groups in total. The first-order chi connectivity index (χ1) is 11.8. The molecule has 1 atom stereocenters. The van der Waals surface area contributed by atoms with E-state index in [4.69, 9.17) is 0 Å². The van der Waals surface area contributed by atoms with Crippen LogP contribution in [0.25, 0.3) is 11.3 Å². The van der Waals surface area contributed by atoms with E-state index in [1.54, 1.807) is 12.4 Å². The maximum Gasteiger partial charge on any atom is 0.0885 e. The first kappa shape index (κ1) is 14.8. The van der Waals surface area contributed by atoms with Crippen LogP contribution in [0.4, 0.5) is 5.69 Å². The SMILES string of the molecule is CN1Cc2cc(-c3cnccn3)ccc2NCC1c1ccccc1. The molecule has 3 aromatic rings. The predicted molar refractivity (Wildman–Crippen MR) is 96.6 cm³/mol. The fourth-order valence-corrected chi connectivity index (χ4v) is 3.29. The first-order valence-corrected chi connectivity index (χ1v) is 8.19. The summed E-state index contributed by atoms with van der Waals surface area (Å²) >= 11 is 0. The standard InChI is InChI=1S/C20H20N4/c1-24-14-17-11-16(19-12-21-9-10-22-19)7-8-18(17)23-13-20(24)15-5-3-2-4-6-15/h2-12,20,23H,13-14H2,1H3. The van der Waals surface area contributed by atoms with Crippen LogP contribution in [-0.4, -0.2) is 28.5 Å². The molecule has 24 heavy (non-hydrogen) atoms. The lowest BCUT2D eigenvalue weighted by molar-refractivity contribution is 0.252. The van der Waals surface area contributed by atoms with E-state index in [0.717, 1.165) is 24.3 Å². The summed E-state index contributed by atoms with van der Waals surface area (Å²) in [5.74, 6) is 0. The smallest absolute Gasteiger partial charge is 0.0885 e. The summed E-state index contributed by atoms with van der Waals surface area (Å²) in [5.41, 5.74) is 5.85. The summed E-state index contributed by atoms with van der Waals surface area (Å²) in [4.78, 5) is 11.0. The van der Waals surface area contributed by atoms with Crippen molar-refractivity contribution in [3.8, 4) is 11.3 Å². The highest BCUT2D eigenvalue weighted by atomic mass is 15.2. The van der Waals surface area contributed by atoms with Crippen molar-refractivity contribution in [2.75, 3.05) is 18.9 Å². The summed E-state index contributed by atoms with van der Waals surface area (Å²) in [6.45, 7) is 1.80. The van der Waals surface area contributed by atoms with Crippen LogP contribution in [0.15, 0.2) is 67.1 Å². The lowest BCUT2D eigenvalue weighted by atomic mass is 10.1. The van der Waals surface area contributed by atoms with E-state index in [9.17, 15) is 0 Å². The number of nitrogens with zero attached hydrogens (tertiary/aromatic N) is 3. The van der Waals surface area contributed by atoms with Gasteiger partial charge in [-0.1, -0.05) is 36.4 Å². The van der Waals surface area contributed by atoms with Crippen molar-refractivity contribution >= 4 is 5.69 Å². The molecule has 1 aliphatic heterocycles. The van der Waals surface area contributed by atoms with Crippen molar-refractivity contribution < 1.29 is 0 Å². The Morgan fingerprint density at radius 1 is 1.08 bits per heavy atom. The van der Waals surface area contributed by atoms with E-state index in [1.807, 2.05) is 6.20 Å². The molecular weight excluding hydrogens is 296 g/mol. The summed E-state index contributed by atoms with van der Waals surface area (Å²) < 4.78 is 0. The third-order valence-electron chi connectivity index (χ3n) is 4.59. The van der Waals surface area contributed by atoms with Crippen LogP contribution in [0.1, 0.15) is 17.2 Å². The van der Waals surface area contributed by atoms with Gasteiger partial charge < -0.3 is 5.32 Å². The Kier molecular flexibility index (Phi) is 3.97. The third kappa shape index (κ3) is 2.88. The number of nitrogens with one attached hydrogen (secondary N) is 1. The Labute approximate surface area is 142 Å². The number of anilines is 1. The average Bonchev–Trinajstić information content (AvgIpc) is 2.80. The Morgan fingerprint density at radius 2 is 1.96 bits per heavy atom. The highest BCUT2D eigenvalue weighted by Gasteiger charge is 2.22. The molecule has 2 heterocycles. The van der Waals surface area contributed by atoms with Gasteiger partial charge >= 0.3 is 0 Å². The molecule has 1 aromatic heterocycles. The molecule has 1 unspecified atom stereocenters. The average molecular weight is 316 g/mol. The Hall–Kier alpha value is -2.72. The molecule has 4 nitrogen and oxygen atoms in total. The molecule has 4 rings (SSSR count). The minimum atomic E-state index is 0.360. The largest absolute Gasteiger partial charge is 0.383 e. The van der Waals surface area contributed by atoms with Gasteiger partial charge in [-0.3, -0.25) is 14.9 Å². The van der Waals surface area contributed by atoms with Gasteiger partial charge in [0.05, 0.1) is 17.9 Å². The second-order valence-electron chi connectivity index (χ2n) is 6.19. The lowest BCUT2D eigenvalue weighted by Crippen LogP contribution is -2.26. The first-order valence-electron chi connectivity index (χ1n) is 8.19. The molecule has 0 amide bonds. The molecule has 0 radical (unpaired) electrons. The maximum absolute atomic E-state index is 4.41. The van der Waals surface area contributed by atoms with Crippen LogP contribution in [-0.2, 0) is 6.54 Å². The van der Waals surface area contributed by atoms with Crippen LogP contribution in [0.3, 0.4) is 0 Å². The third-order valence-corrected chi connectivity index (χ3v) is 4.59. The molecule has 4 heteroatoms. The highest BCUT2D eigenvalue weighted by molar-refractivity contribution is 5.65. The van der Waals surface area contributed by atoms with Gasteiger partial charge in [-0.25, -0.2) is 0 Å². The molecule has 120 valence electrons. The normalized spacial score (nSPS) is 17.6. The van der Waals surface area contributed by atoms with Gasteiger partial charge in [0, 0.05) is 36.7 Å². The van der Waals surface area contributed by atoms with Crippen LogP contribution < -0.4 is 5.32 Å². The minimum absolute atomic E-state index is 0.360. The molecule has 1 aliphatic rings. The molecule has 0 aliphatic carbocycles. The van der Waals surface area contributed by atoms with Gasteiger partial charge in [0.15, 0.2) is 0 Å². The topological polar surface area (TPSA) is 41.1 Å². The van der Waals surface area contributed by atoms with E-state index < -0.39 is 0 Å². The quantitative estimate of drug-likeness (QED) is 0.782. The van der Waals surface area contributed by atoms with Gasteiger partial charge in [-0.05, 0) is 30.3 Å². The Morgan fingerprint density at radius 3 is 2.75 bits per heavy atom. The molecule has 0 bridgehead atoms. The number of aromatic nitrogens is 2. The number of fused-ring (bicyclic) bond motifs is 1. The van der Waals surface area contributed by atoms with E-state index >= 15 is 0 Å². The summed E-state index contributed by atoms with van der Waals surface area (Å²) in [6, 6.07) is 17.5. The Bertz CT molecular complexity index is 818. The van der Waals surface area contributed by atoms with Crippen molar-refractivity contribution in [1.29, 1.82) is 0 Å². The van der Waals surface area contributed by atoms with E-state index in [-0.39, 0.29) is 0 Å². The number of likely N-dealkylation sites (N-methyl/N-ethyl adjacent to an activating group) is 1. The molecule has 0 saturated heterocycles. The van der Waals surface area contributed by atoms with Crippen LogP contribution >= 0.6 is 0 Å². The van der Waals surface area contributed by atoms with Gasteiger partial charge in [-0.15, -0.1) is 0 Å². The van der Waals surface area contributed by atoms with Gasteiger partial charge in [-0.2, -0.15) is 0 Å². The fourth-order valence-electron chi connectivity index (χ4n) is 3.29. The molecule has 0 saturated carbocycles. The maximum atomic E-state index is 4.41. The van der Waals surface area contributed by atoms with Crippen LogP contribution in [0.5, 0.6) is 0 Å². The predicted octanol–water partition coefficient (Wildman–Crippen LogP) is 3.74. The van der Waals surface area contributed by atoms with E-state index in [1.165, 1.54) is 16.8 Å². The zero-order chi connectivity index (χ0) is 16.4. The zero-order valence-electron chi connectivity index (χ0n) is 13.7. The zero-order valence-corrected chi connectivity index (χ0v) is 13.7. The summed E-state index contributed by atoms with van der Waals surface area (Å²) in [5, 5.41) is 3.61. The van der Waals surface area contributed by atoms with Crippen molar-refractivity contribution in [2.24, 2.45) is 0 Å². The second-order valence-corrected chi connectivity index (χ2v) is 6.19. The minimum Gasteiger partial charge on any atom is -0.383 e. The molecule has 0 fully saturated rings. The van der Waals surface area contributed by atoms with Crippen molar-refractivity contribution in [3.63, 3.8) is 0 Å². The van der Waals surface area contributed by atoms with Crippen LogP contribution in [0.2, 0.25) is 0 Å². The second kappa shape index (κ2) is 6.42. The lowest BCUT2D eigenvalue weighted by Gasteiger charge is -2.25. The summed E-state index contributed by atoms with van der Waals surface area (Å²) in [7, 11) is 2.18. The van der Waals surface area contributed by atoms with Crippen molar-refractivity contribution in [3.05, 3.63) is 78.2 Å². The van der Waals surface area contributed by atoms with Crippen LogP contribution in [0, 0.1) is 0 Å². The monoisotopic (exact) mass is 316 g/mol. The van der Waals surface area contributed by atoms with Gasteiger partial charge in [0.25, 0.3) is 0 Å². The fraction of sp³-hybridized carbons (Fsp3) is 0.200. The molecular formula is C20H20N4. The number of hydrogen-bond donors (Lipinski definition) is 1. The highest BCUT2D eigenvalue weighted by Crippen LogP contribution is 2.31. The van der Waals surface area contributed by atoms with E-state index in [2.05, 4.69) is 75.8 Å². The number of benzene rings is 2. The number of rotatable bonds is 2. The van der Waals surface area contributed by atoms with Crippen molar-refractivity contribution in [2.45, 2.75) is 12.6 Å². The molecule has 0 spiro atoms. The van der Waals surface area contributed by atoms with Gasteiger partial charge in [0.2, 0.25) is 0 Å². The van der Waals surface area contributed by atoms with Gasteiger partial charge in [0.1, 0.15) is 0 Å². The number of hydrogen-bond acceptors (Lipinski definition) is 4. The molecule has 2 aromatic carbocycles. The van der Waals surface area contributed by atoms with E-state index in [0.29, 0.717) is 6.04 Å².